The van der Waals surface area contributed by atoms with Crippen molar-refractivity contribution in [2.45, 2.75) is 31.1 Å². The summed E-state index contributed by atoms with van der Waals surface area (Å²) < 4.78 is 67.0. The lowest BCUT2D eigenvalue weighted by molar-refractivity contribution is -0.138. The highest BCUT2D eigenvalue weighted by Crippen LogP contribution is 2.38. The quantitative estimate of drug-likeness (QED) is 0.551. The monoisotopic (exact) mass is 524 g/mol. The summed E-state index contributed by atoms with van der Waals surface area (Å²) in [5, 5.41) is 8.47. The predicted octanol–water partition coefficient (Wildman–Crippen LogP) is 3.36. The highest BCUT2D eigenvalue weighted by atomic mass is 35.5. The van der Waals surface area contributed by atoms with Gasteiger partial charge in [0.15, 0.2) is 9.84 Å². The second-order valence-corrected chi connectivity index (χ2v) is 10.2. The van der Waals surface area contributed by atoms with Gasteiger partial charge < -0.3 is 5.11 Å². The molecule has 13 heteroatoms. The summed E-state index contributed by atoms with van der Waals surface area (Å²) in [6.07, 6.45) is -4.93. The van der Waals surface area contributed by atoms with Crippen molar-refractivity contribution in [1.82, 2.24) is 9.13 Å². The van der Waals surface area contributed by atoms with Gasteiger partial charge in [-0.3, -0.25) is 13.9 Å². The lowest BCUT2D eigenvalue weighted by Gasteiger charge is -2.18. The number of hydrogen-bond acceptors (Lipinski definition) is 5. The molecule has 1 N–H and O–H groups in total. The number of rotatable bonds is 5. The summed E-state index contributed by atoms with van der Waals surface area (Å²) in [5.41, 5.74) is -4.30. The molecule has 178 valence electrons. The maximum Gasteiger partial charge on any atom is 0.416 e. The fourth-order valence-corrected chi connectivity index (χ4v) is 5.22. The van der Waals surface area contributed by atoms with Gasteiger partial charge in [-0.05, 0) is 29.8 Å². The van der Waals surface area contributed by atoms with E-state index in [-0.39, 0.29) is 26.8 Å². The maximum absolute atomic E-state index is 13.5. The zero-order valence-electron chi connectivity index (χ0n) is 17.2. The minimum Gasteiger partial charge on any atom is -0.392 e. The normalized spacial score (nSPS) is 12.5. The van der Waals surface area contributed by atoms with Crippen LogP contribution in [0.4, 0.5) is 13.2 Å². The highest BCUT2D eigenvalue weighted by molar-refractivity contribution is 7.91. The molecular formula is C20H17Cl2F3N2O5S. The van der Waals surface area contributed by atoms with Gasteiger partial charge in [-0.15, -0.1) is 0 Å². The molecule has 3 rings (SSSR count). The van der Waals surface area contributed by atoms with E-state index in [2.05, 4.69) is 0 Å². The van der Waals surface area contributed by atoms with Gasteiger partial charge in [-0.25, -0.2) is 13.2 Å². The van der Waals surface area contributed by atoms with Crippen LogP contribution in [0.25, 0.3) is 10.9 Å². The number of aliphatic hydroxyl groups is 1. The Morgan fingerprint density at radius 3 is 2.30 bits per heavy atom. The average Bonchev–Trinajstić information content (AvgIpc) is 2.73. The van der Waals surface area contributed by atoms with Crippen molar-refractivity contribution < 1.29 is 26.7 Å². The summed E-state index contributed by atoms with van der Waals surface area (Å²) in [6, 6.07) is 4.36. The summed E-state index contributed by atoms with van der Waals surface area (Å²) in [4.78, 5) is 25.9. The smallest absolute Gasteiger partial charge is 0.392 e. The molecule has 0 amide bonds. The lowest BCUT2D eigenvalue weighted by atomic mass is 10.0. The number of benzene rings is 2. The van der Waals surface area contributed by atoms with Crippen molar-refractivity contribution in [2.24, 2.45) is 7.05 Å². The number of alkyl halides is 3. The van der Waals surface area contributed by atoms with Crippen LogP contribution in [0.1, 0.15) is 23.6 Å². The first-order valence-corrected chi connectivity index (χ1v) is 11.8. The maximum atomic E-state index is 13.5. The molecule has 0 saturated heterocycles. The Kier molecular flexibility index (Phi) is 6.73. The Morgan fingerprint density at radius 1 is 1.12 bits per heavy atom. The second kappa shape index (κ2) is 8.79. The Hall–Kier alpha value is -2.34. The molecule has 0 bridgehead atoms. The molecule has 0 radical (unpaired) electrons. The van der Waals surface area contributed by atoms with E-state index in [9.17, 15) is 36.3 Å². The van der Waals surface area contributed by atoms with Gasteiger partial charge in [0.05, 0.1) is 45.3 Å². The van der Waals surface area contributed by atoms with Crippen LogP contribution in [0.15, 0.2) is 38.8 Å². The number of aliphatic hydroxyl groups excluding tert-OH is 1. The number of fused-ring (bicyclic) bond motifs is 1. The van der Waals surface area contributed by atoms with E-state index in [1.165, 1.54) is 32.2 Å². The number of sulfone groups is 1. The van der Waals surface area contributed by atoms with E-state index < -0.39 is 61.9 Å². The molecule has 0 atom stereocenters. The van der Waals surface area contributed by atoms with Crippen LogP contribution in [-0.4, -0.2) is 28.4 Å². The third-order valence-electron chi connectivity index (χ3n) is 5.20. The van der Waals surface area contributed by atoms with E-state index in [1.807, 2.05) is 0 Å². The fourth-order valence-electron chi connectivity index (χ4n) is 3.53. The molecular weight excluding hydrogens is 508 g/mol. The SMILES string of the molecule is CCS(=O)(=O)c1ccc(Cl)cc1Cn1c(=O)c2cc(C(F)(F)F)c(CO)c(Cl)c2n(C)c1=O. The van der Waals surface area contributed by atoms with Gasteiger partial charge >= 0.3 is 11.9 Å². The minimum absolute atomic E-state index is 0.0250. The zero-order chi connectivity index (χ0) is 24.9. The van der Waals surface area contributed by atoms with Crippen LogP contribution < -0.4 is 11.2 Å². The number of halogens is 5. The van der Waals surface area contributed by atoms with Crippen molar-refractivity contribution in [2.75, 3.05) is 5.75 Å². The van der Waals surface area contributed by atoms with Crippen molar-refractivity contribution in [3.63, 3.8) is 0 Å². The molecule has 0 saturated carbocycles. The Balaban J connectivity index is 2.40. The van der Waals surface area contributed by atoms with E-state index in [0.717, 1.165) is 4.57 Å². The van der Waals surface area contributed by atoms with Crippen molar-refractivity contribution in [3.05, 3.63) is 71.8 Å². The lowest BCUT2D eigenvalue weighted by Crippen LogP contribution is -2.40. The molecule has 1 heterocycles. The van der Waals surface area contributed by atoms with Gasteiger partial charge in [0.25, 0.3) is 5.56 Å². The molecule has 0 aliphatic carbocycles. The van der Waals surface area contributed by atoms with E-state index in [1.54, 1.807) is 0 Å². The van der Waals surface area contributed by atoms with E-state index >= 15 is 0 Å². The van der Waals surface area contributed by atoms with Gasteiger partial charge in [0.2, 0.25) is 0 Å². The number of aryl methyl sites for hydroxylation is 1. The molecule has 3 aromatic rings. The number of nitrogens with zero attached hydrogens (tertiary/aromatic N) is 2. The average molecular weight is 525 g/mol. The molecule has 33 heavy (non-hydrogen) atoms. The van der Waals surface area contributed by atoms with E-state index in [4.69, 9.17) is 23.2 Å². The van der Waals surface area contributed by atoms with Crippen LogP contribution in [0.2, 0.25) is 10.0 Å². The van der Waals surface area contributed by atoms with Gasteiger partial charge in [0.1, 0.15) is 0 Å². The van der Waals surface area contributed by atoms with Crippen LogP contribution in [0, 0.1) is 0 Å². The second-order valence-electron chi connectivity index (χ2n) is 7.16. The van der Waals surface area contributed by atoms with Gasteiger partial charge in [-0.1, -0.05) is 30.1 Å². The van der Waals surface area contributed by atoms with Crippen molar-refractivity contribution in [3.8, 4) is 0 Å². The largest absolute Gasteiger partial charge is 0.416 e. The Bertz CT molecular complexity index is 1500. The first-order valence-electron chi connectivity index (χ1n) is 9.38. The molecule has 0 aliphatic rings. The van der Waals surface area contributed by atoms with Crippen LogP contribution >= 0.6 is 23.2 Å². The predicted molar refractivity (Wildman–Crippen MR) is 118 cm³/mol. The third kappa shape index (κ3) is 4.42. The van der Waals surface area contributed by atoms with Crippen LogP contribution in [0.3, 0.4) is 0 Å². The summed E-state index contributed by atoms with van der Waals surface area (Å²) >= 11 is 12.1. The summed E-state index contributed by atoms with van der Waals surface area (Å²) in [5.74, 6) is -0.263. The Labute approximate surface area is 195 Å². The number of aromatic nitrogens is 2. The van der Waals surface area contributed by atoms with Gasteiger partial charge in [0, 0.05) is 17.6 Å². The highest BCUT2D eigenvalue weighted by Gasteiger charge is 2.36. The molecule has 0 spiro atoms. The van der Waals surface area contributed by atoms with Crippen LogP contribution in [-0.2, 0) is 36.2 Å². The molecule has 1 aromatic heterocycles. The third-order valence-corrected chi connectivity index (χ3v) is 7.67. The summed E-state index contributed by atoms with van der Waals surface area (Å²) in [7, 11) is -2.57. The zero-order valence-corrected chi connectivity index (χ0v) is 19.5. The minimum atomic E-state index is -4.93. The van der Waals surface area contributed by atoms with Crippen molar-refractivity contribution >= 4 is 43.9 Å². The molecule has 0 fully saturated rings. The number of hydrogen-bond donors (Lipinski definition) is 1. The topological polar surface area (TPSA) is 98.4 Å². The standard InChI is InChI=1S/C20H17Cl2F3N2O5S/c1-3-33(31,32)15-5-4-11(21)6-10(15)8-27-18(29)12-7-14(20(23,24)25)13(9-28)16(22)17(12)26(2)19(27)30/h4-7,28H,3,8-9H2,1-2H3. The Morgan fingerprint density at radius 2 is 1.76 bits per heavy atom. The molecule has 2 aromatic carbocycles. The molecule has 0 aliphatic heterocycles. The van der Waals surface area contributed by atoms with Gasteiger partial charge in [-0.2, -0.15) is 13.2 Å². The first-order chi connectivity index (χ1) is 15.2. The molecule has 0 unspecified atom stereocenters. The van der Waals surface area contributed by atoms with Crippen LogP contribution in [0.5, 0.6) is 0 Å². The van der Waals surface area contributed by atoms with Crippen molar-refractivity contribution in [1.29, 1.82) is 0 Å². The summed E-state index contributed by atoms with van der Waals surface area (Å²) in [6.45, 7) is -0.215. The van der Waals surface area contributed by atoms with E-state index in [0.29, 0.717) is 10.6 Å². The first kappa shape index (κ1) is 25.3. The molecule has 7 nitrogen and oxygen atoms in total. The fraction of sp³-hybridized carbons (Fsp3) is 0.300.